The van der Waals surface area contributed by atoms with Crippen LogP contribution in [0.5, 0.6) is 0 Å². The fourth-order valence-electron chi connectivity index (χ4n) is 3.72. The molecule has 3 N–H and O–H groups in total. The summed E-state index contributed by atoms with van der Waals surface area (Å²) in [7, 11) is 0. The van der Waals surface area contributed by atoms with Gasteiger partial charge < -0.3 is 9.73 Å². The lowest BCUT2D eigenvalue weighted by atomic mass is 10.1. The van der Waals surface area contributed by atoms with Crippen molar-refractivity contribution >= 4 is 55.9 Å². The molecule has 0 aliphatic heterocycles. The minimum Gasteiger partial charge on any atom is -0.428 e. The molecule has 0 fully saturated rings. The van der Waals surface area contributed by atoms with Gasteiger partial charge in [0, 0.05) is 23.1 Å². The lowest BCUT2D eigenvalue weighted by Gasteiger charge is -2.09. The second-order valence-corrected chi connectivity index (χ2v) is 8.38. The highest BCUT2D eigenvalue weighted by Gasteiger charge is 2.16. The zero-order chi connectivity index (χ0) is 22.2. The van der Waals surface area contributed by atoms with Crippen LogP contribution in [0.1, 0.15) is 12.7 Å². The van der Waals surface area contributed by atoms with E-state index >= 15 is 0 Å². The summed E-state index contributed by atoms with van der Waals surface area (Å²) in [6, 6.07) is 18.3. The van der Waals surface area contributed by atoms with Crippen molar-refractivity contribution in [1.82, 2.24) is 25.1 Å². The summed E-state index contributed by atoms with van der Waals surface area (Å²) in [6.45, 7) is 2.05. The molecule has 0 saturated heterocycles. The van der Waals surface area contributed by atoms with Crippen LogP contribution in [-0.4, -0.2) is 25.1 Å². The maximum Gasteiger partial charge on any atom is 0.302 e. The van der Waals surface area contributed by atoms with E-state index < -0.39 is 0 Å². The maximum absolute atomic E-state index is 5.98. The number of H-pyrrole nitrogens is 1. The highest BCUT2D eigenvalue weighted by atomic mass is 32.1. The lowest BCUT2D eigenvalue weighted by Crippen LogP contribution is -2.01. The topological polar surface area (TPSA) is 105 Å². The van der Waals surface area contributed by atoms with E-state index in [0.717, 1.165) is 50.2 Å². The number of anilines is 4. The molecule has 4 heterocycles. The summed E-state index contributed by atoms with van der Waals surface area (Å²) in [5.41, 5.74) is 4.58. The molecule has 0 aliphatic rings. The third-order valence-electron chi connectivity index (χ3n) is 5.29. The quantitative estimate of drug-likeness (QED) is 0.273. The second kappa shape index (κ2) is 8.03. The number of rotatable bonds is 6. The summed E-state index contributed by atoms with van der Waals surface area (Å²) < 4.78 is 6.95. The predicted molar refractivity (Wildman–Crippen MR) is 131 cm³/mol. The molecule has 0 atom stereocenters. The first kappa shape index (κ1) is 19.4. The Kier molecular flexibility index (Phi) is 4.73. The average molecular weight is 454 g/mol. The van der Waals surface area contributed by atoms with E-state index in [4.69, 9.17) is 9.40 Å². The van der Waals surface area contributed by atoms with E-state index in [1.165, 1.54) is 0 Å². The van der Waals surface area contributed by atoms with Gasteiger partial charge in [-0.3, -0.25) is 10.4 Å². The van der Waals surface area contributed by atoms with E-state index in [-0.39, 0.29) is 0 Å². The summed E-state index contributed by atoms with van der Waals surface area (Å²) in [6.07, 6.45) is 2.53. The molecule has 0 bridgehead atoms. The number of oxazole rings is 1. The maximum atomic E-state index is 5.98. The molecule has 0 radical (unpaired) electrons. The molecule has 33 heavy (non-hydrogen) atoms. The van der Waals surface area contributed by atoms with Gasteiger partial charge in [-0.05, 0) is 29.6 Å². The number of nitrogens with zero attached hydrogens (tertiary/aromatic N) is 4. The number of aromatic amines is 1. The van der Waals surface area contributed by atoms with Crippen molar-refractivity contribution in [1.29, 1.82) is 0 Å². The molecule has 9 heteroatoms. The Morgan fingerprint density at radius 3 is 2.79 bits per heavy atom. The van der Waals surface area contributed by atoms with Crippen LogP contribution in [0.15, 0.2) is 70.6 Å². The molecular weight excluding hydrogens is 434 g/mol. The van der Waals surface area contributed by atoms with Gasteiger partial charge in [-0.2, -0.15) is 15.1 Å². The summed E-state index contributed by atoms with van der Waals surface area (Å²) in [5.74, 6) is 1.94. The van der Waals surface area contributed by atoms with Gasteiger partial charge in [0.05, 0.1) is 21.9 Å². The highest BCUT2D eigenvalue weighted by molar-refractivity contribution is 7.17. The monoisotopic (exact) mass is 453 g/mol. The van der Waals surface area contributed by atoms with Crippen molar-refractivity contribution in [2.24, 2.45) is 0 Å². The molecule has 6 rings (SSSR count). The predicted octanol–water partition coefficient (Wildman–Crippen LogP) is 6.27. The molecule has 2 aromatic carbocycles. The second-order valence-electron chi connectivity index (χ2n) is 7.46. The van der Waals surface area contributed by atoms with Crippen molar-refractivity contribution in [3.63, 3.8) is 0 Å². The zero-order valence-electron chi connectivity index (χ0n) is 17.7. The number of thiophene rings is 1. The smallest absolute Gasteiger partial charge is 0.302 e. The number of aryl methyl sites for hydroxylation is 1. The Balaban J connectivity index is 1.35. The minimum absolute atomic E-state index is 0.367. The van der Waals surface area contributed by atoms with E-state index in [9.17, 15) is 0 Å². The Labute approximate surface area is 192 Å². The molecule has 0 amide bonds. The van der Waals surface area contributed by atoms with E-state index in [2.05, 4.69) is 30.8 Å². The number of hydrogen-bond acceptors (Lipinski definition) is 8. The van der Waals surface area contributed by atoms with E-state index in [0.29, 0.717) is 17.8 Å². The summed E-state index contributed by atoms with van der Waals surface area (Å²) in [5, 5.41) is 16.7. The standard InChI is InChI=1S/C24H19N7OS/c1-2-19-20(14-6-4-3-5-7-14)28-24(32-19)30-23-27-18-10-11-33-21(18)22(29-23)26-16-8-9-17-15(12-16)13-25-31-17/h3-13H,2H2,1H3,(H,25,31)(H2,26,27,28,29,30). The number of aromatic nitrogens is 5. The van der Waals surface area contributed by atoms with Gasteiger partial charge in [0.1, 0.15) is 11.5 Å². The van der Waals surface area contributed by atoms with Gasteiger partial charge in [0.25, 0.3) is 0 Å². The van der Waals surface area contributed by atoms with Crippen LogP contribution < -0.4 is 10.6 Å². The first-order valence-electron chi connectivity index (χ1n) is 10.5. The Bertz CT molecular complexity index is 1570. The minimum atomic E-state index is 0.367. The highest BCUT2D eigenvalue weighted by Crippen LogP contribution is 2.32. The van der Waals surface area contributed by atoms with Crippen molar-refractivity contribution in [3.05, 3.63) is 71.9 Å². The van der Waals surface area contributed by atoms with Gasteiger partial charge in [0.2, 0.25) is 5.95 Å². The number of hydrogen-bond donors (Lipinski definition) is 3. The van der Waals surface area contributed by atoms with Crippen molar-refractivity contribution < 1.29 is 4.42 Å². The molecule has 0 aliphatic carbocycles. The molecule has 8 nitrogen and oxygen atoms in total. The fourth-order valence-corrected chi connectivity index (χ4v) is 4.50. The lowest BCUT2D eigenvalue weighted by molar-refractivity contribution is 0.528. The molecule has 6 aromatic rings. The fraction of sp³-hybridized carbons (Fsp3) is 0.0833. The van der Waals surface area contributed by atoms with Crippen LogP contribution in [0, 0.1) is 0 Å². The van der Waals surface area contributed by atoms with Crippen molar-refractivity contribution in [2.45, 2.75) is 13.3 Å². The first-order chi connectivity index (χ1) is 16.3. The SMILES string of the molecule is CCc1oc(Nc2nc(Nc3ccc4[nH]ncc4c3)c3sccc3n2)nc1-c1ccccc1. The van der Waals surface area contributed by atoms with Crippen LogP contribution in [0.25, 0.3) is 32.4 Å². The molecule has 0 unspecified atom stereocenters. The molecule has 162 valence electrons. The average Bonchev–Trinajstić information content (AvgIpc) is 3.59. The van der Waals surface area contributed by atoms with Crippen molar-refractivity contribution in [3.8, 4) is 11.3 Å². The van der Waals surface area contributed by atoms with Crippen LogP contribution in [0.2, 0.25) is 0 Å². The van der Waals surface area contributed by atoms with Crippen LogP contribution in [0.3, 0.4) is 0 Å². The summed E-state index contributed by atoms with van der Waals surface area (Å²) in [4.78, 5) is 14.0. The van der Waals surface area contributed by atoms with Crippen LogP contribution in [0.4, 0.5) is 23.5 Å². The largest absolute Gasteiger partial charge is 0.428 e. The Hall–Kier alpha value is -4.24. The number of benzene rings is 2. The van der Waals surface area contributed by atoms with Gasteiger partial charge >= 0.3 is 6.01 Å². The molecule has 4 aromatic heterocycles. The van der Waals surface area contributed by atoms with Crippen LogP contribution >= 0.6 is 11.3 Å². The third kappa shape index (κ3) is 3.68. The Morgan fingerprint density at radius 2 is 1.91 bits per heavy atom. The van der Waals surface area contributed by atoms with Gasteiger partial charge in [-0.25, -0.2) is 4.98 Å². The molecule has 0 spiro atoms. The number of fused-ring (bicyclic) bond motifs is 2. The van der Waals surface area contributed by atoms with Gasteiger partial charge in [-0.15, -0.1) is 11.3 Å². The normalized spacial score (nSPS) is 11.3. The van der Waals surface area contributed by atoms with Crippen molar-refractivity contribution in [2.75, 3.05) is 10.6 Å². The Morgan fingerprint density at radius 1 is 1.00 bits per heavy atom. The first-order valence-corrected chi connectivity index (χ1v) is 11.4. The zero-order valence-corrected chi connectivity index (χ0v) is 18.5. The summed E-state index contributed by atoms with van der Waals surface area (Å²) >= 11 is 1.59. The van der Waals surface area contributed by atoms with Gasteiger partial charge in [0.15, 0.2) is 5.82 Å². The molecule has 0 saturated carbocycles. The van der Waals surface area contributed by atoms with Crippen LogP contribution in [-0.2, 0) is 6.42 Å². The van der Waals surface area contributed by atoms with Gasteiger partial charge in [-0.1, -0.05) is 37.3 Å². The van der Waals surface area contributed by atoms with E-state index in [1.54, 1.807) is 17.5 Å². The molecular formula is C24H19N7OS. The number of nitrogens with one attached hydrogen (secondary N) is 3. The third-order valence-corrected chi connectivity index (χ3v) is 6.20. The van der Waals surface area contributed by atoms with E-state index in [1.807, 2.05) is 66.9 Å².